The third-order valence-corrected chi connectivity index (χ3v) is 6.87. The zero-order valence-corrected chi connectivity index (χ0v) is 19.9. The highest BCUT2D eigenvalue weighted by molar-refractivity contribution is 7.17. The number of methoxy groups -OCH3 is 1. The minimum absolute atomic E-state index is 0.0683. The fourth-order valence-corrected chi connectivity index (χ4v) is 5.01. The molecule has 8 heteroatoms. The lowest BCUT2D eigenvalue weighted by Gasteiger charge is -2.34. The number of nitrogens with zero attached hydrogens (tertiary/aromatic N) is 2. The molecule has 0 bridgehead atoms. The van der Waals surface area contributed by atoms with Gasteiger partial charge in [-0.05, 0) is 47.0 Å². The number of rotatable bonds is 8. The van der Waals surface area contributed by atoms with Gasteiger partial charge in [-0.2, -0.15) is 0 Å². The minimum Gasteiger partial charge on any atom is -0.495 e. The molecule has 1 aliphatic heterocycles. The standard InChI is InChI=1S/C25H30N4O3S/c1-18-7-8-22(32-2)21(13-18)27-24(30)14-26-25(31)16-29-11-9-28(10-12-29)15-19-17-33-23-6-4-3-5-20(19)23/h3-8,13,17H,9-12,14-16H2,1-2H3,(H,26,31)(H,27,30). The molecule has 1 aliphatic rings. The molecule has 7 nitrogen and oxygen atoms in total. The van der Waals surface area contributed by atoms with E-state index < -0.39 is 0 Å². The molecule has 1 fully saturated rings. The van der Waals surface area contributed by atoms with Crippen LogP contribution in [-0.4, -0.2) is 68.0 Å². The average Bonchev–Trinajstić information content (AvgIpc) is 3.22. The Bertz CT molecular complexity index is 1120. The van der Waals surface area contributed by atoms with Crippen molar-refractivity contribution in [2.24, 2.45) is 0 Å². The number of anilines is 1. The van der Waals surface area contributed by atoms with Crippen molar-refractivity contribution < 1.29 is 14.3 Å². The summed E-state index contributed by atoms with van der Waals surface area (Å²) in [6.45, 7) is 6.63. The molecule has 1 aromatic heterocycles. The number of thiophene rings is 1. The summed E-state index contributed by atoms with van der Waals surface area (Å²) in [5.74, 6) is 0.173. The normalized spacial score (nSPS) is 14.8. The highest BCUT2D eigenvalue weighted by atomic mass is 32.1. The minimum atomic E-state index is -0.278. The van der Waals surface area contributed by atoms with Gasteiger partial charge in [-0.1, -0.05) is 24.3 Å². The summed E-state index contributed by atoms with van der Waals surface area (Å²) in [4.78, 5) is 29.2. The van der Waals surface area contributed by atoms with Crippen LogP contribution in [0.4, 0.5) is 5.69 Å². The van der Waals surface area contributed by atoms with E-state index in [1.165, 1.54) is 15.6 Å². The van der Waals surface area contributed by atoms with Crippen LogP contribution in [0.5, 0.6) is 5.75 Å². The second kappa shape index (κ2) is 10.8. The van der Waals surface area contributed by atoms with E-state index in [0.717, 1.165) is 38.3 Å². The smallest absolute Gasteiger partial charge is 0.243 e. The fraction of sp³-hybridized carbons (Fsp3) is 0.360. The molecule has 2 heterocycles. The van der Waals surface area contributed by atoms with E-state index in [9.17, 15) is 9.59 Å². The van der Waals surface area contributed by atoms with Gasteiger partial charge in [0.2, 0.25) is 11.8 Å². The van der Waals surface area contributed by atoms with Crippen molar-refractivity contribution in [3.05, 3.63) is 59.0 Å². The molecular weight excluding hydrogens is 436 g/mol. The lowest BCUT2D eigenvalue weighted by Crippen LogP contribution is -2.49. The number of aryl methyl sites for hydroxylation is 1. The summed E-state index contributed by atoms with van der Waals surface area (Å²) >= 11 is 1.79. The van der Waals surface area contributed by atoms with E-state index in [0.29, 0.717) is 18.0 Å². The second-order valence-corrected chi connectivity index (χ2v) is 9.25. The van der Waals surface area contributed by atoms with Crippen LogP contribution >= 0.6 is 11.3 Å². The Balaban J connectivity index is 1.19. The highest BCUT2D eigenvalue weighted by Crippen LogP contribution is 2.27. The quantitative estimate of drug-likeness (QED) is 0.534. The van der Waals surface area contributed by atoms with Gasteiger partial charge in [-0.3, -0.25) is 19.4 Å². The first-order valence-electron chi connectivity index (χ1n) is 11.1. The van der Waals surface area contributed by atoms with Crippen LogP contribution in [-0.2, 0) is 16.1 Å². The largest absolute Gasteiger partial charge is 0.495 e. The number of hydrogen-bond acceptors (Lipinski definition) is 6. The van der Waals surface area contributed by atoms with E-state index in [-0.39, 0.29) is 18.4 Å². The van der Waals surface area contributed by atoms with Crippen molar-refractivity contribution in [3.63, 3.8) is 0 Å². The van der Waals surface area contributed by atoms with Gasteiger partial charge in [0.25, 0.3) is 0 Å². The predicted octanol–water partition coefficient (Wildman–Crippen LogP) is 3.09. The maximum atomic E-state index is 12.4. The van der Waals surface area contributed by atoms with Gasteiger partial charge in [0, 0.05) is 37.4 Å². The summed E-state index contributed by atoms with van der Waals surface area (Å²) in [5.41, 5.74) is 2.99. The maximum Gasteiger partial charge on any atom is 0.243 e. The van der Waals surface area contributed by atoms with Crippen molar-refractivity contribution in [2.75, 3.05) is 51.7 Å². The molecule has 2 amide bonds. The molecule has 0 radical (unpaired) electrons. The highest BCUT2D eigenvalue weighted by Gasteiger charge is 2.20. The topological polar surface area (TPSA) is 73.9 Å². The van der Waals surface area contributed by atoms with E-state index in [1.54, 1.807) is 18.4 Å². The van der Waals surface area contributed by atoms with Crippen molar-refractivity contribution in [1.29, 1.82) is 0 Å². The van der Waals surface area contributed by atoms with E-state index in [1.807, 2.05) is 25.1 Å². The van der Waals surface area contributed by atoms with Crippen LogP contribution in [0.25, 0.3) is 10.1 Å². The summed E-state index contributed by atoms with van der Waals surface area (Å²) in [5, 5.41) is 9.12. The van der Waals surface area contributed by atoms with Gasteiger partial charge in [0.1, 0.15) is 5.75 Å². The summed E-state index contributed by atoms with van der Waals surface area (Å²) in [7, 11) is 1.56. The van der Waals surface area contributed by atoms with Gasteiger partial charge in [0.05, 0.1) is 25.9 Å². The van der Waals surface area contributed by atoms with Crippen molar-refractivity contribution in [1.82, 2.24) is 15.1 Å². The van der Waals surface area contributed by atoms with E-state index in [2.05, 4.69) is 50.1 Å². The SMILES string of the molecule is COc1ccc(C)cc1NC(=O)CNC(=O)CN1CCN(Cc2csc3ccccc23)CC1. The number of hydrogen-bond donors (Lipinski definition) is 2. The Kier molecular flexibility index (Phi) is 7.59. The Morgan fingerprint density at radius 1 is 1.03 bits per heavy atom. The molecule has 2 N–H and O–H groups in total. The molecule has 0 aliphatic carbocycles. The van der Waals surface area contributed by atoms with Crippen LogP contribution < -0.4 is 15.4 Å². The predicted molar refractivity (Wildman–Crippen MR) is 133 cm³/mol. The van der Waals surface area contributed by atoms with Crippen LogP contribution in [0.1, 0.15) is 11.1 Å². The molecule has 2 aromatic carbocycles. The number of piperazine rings is 1. The fourth-order valence-electron chi connectivity index (χ4n) is 4.05. The van der Waals surface area contributed by atoms with Crippen LogP contribution in [0.15, 0.2) is 47.8 Å². The summed E-state index contributed by atoms with van der Waals surface area (Å²) in [6.07, 6.45) is 0. The zero-order valence-electron chi connectivity index (χ0n) is 19.1. The third-order valence-electron chi connectivity index (χ3n) is 5.86. The molecule has 174 valence electrons. The van der Waals surface area contributed by atoms with Gasteiger partial charge in [-0.15, -0.1) is 11.3 Å². The van der Waals surface area contributed by atoms with E-state index in [4.69, 9.17) is 4.74 Å². The monoisotopic (exact) mass is 466 g/mol. The second-order valence-electron chi connectivity index (χ2n) is 8.34. The first-order valence-corrected chi connectivity index (χ1v) is 12.0. The maximum absolute atomic E-state index is 12.4. The van der Waals surface area contributed by atoms with Crippen LogP contribution in [0.3, 0.4) is 0 Å². The molecule has 0 atom stereocenters. The van der Waals surface area contributed by atoms with Crippen molar-refractivity contribution >= 4 is 38.9 Å². The van der Waals surface area contributed by atoms with E-state index >= 15 is 0 Å². The van der Waals surface area contributed by atoms with Gasteiger partial charge < -0.3 is 15.4 Å². The molecule has 33 heavy (non-hydrogen) atoms. The molecule has 1 saturated heterocycles. The number of nitrogens with one attached hydrogen (secondary N) is 2. The molecular formula is C25H30N4O3S. The van der Waals surface area contributed by atoms with Gasteiger partial charge in [-0.25, -0.2) is 0 Å². The van der Waals surface area contributed by atoms with Crippen molar-refractivity contribution in [2.45, 2.75) is 13.5 Å². The number of amides is 2. The molecule has 0 saturated carbocycles. The lowest BCUT2D eigenvalue weighted by atomic mass is 10.1. The first-order chi connectivity index (χ1) is 16.0. The Morgan fingerprint density at radius 2 is 1.79 bits per heavy atom. The number of benzene rings is 2. The van der Waals surface area contributed by atoms with Gasteiger partial charge >= 0.3 is 0 Å². The Morgan fingerprint density at radius 3 is 2.58 bits per heavy atom. The summed E-state index contributed by atoms with van der Waals surface area (Å²) < 4.78 is 6.60. The van der Waals surface area contributed by atoms with Crippen LogP contribution in [0, 0.1) is 6.92 Å². The first kappa shape index (κ1) is 23.2. The third kappa shape index (κ3) is 6.10. The average molecular weight is 467 g/mol. The zero-order chi connectivity index (χ0) is 23.2. The number of carbonyl (C=O) groups is 2. The lowest BCUT2D eigenvalue weighted by molar-refractivity contribution is -0.125. The molecule has 4 rings (SSSR count). The Labute approximate surface area is 198 Å². The van der Waals surface area contributed by atoms with Crippen LogP contribution in [0.2, 0.25) is 0 Å². The molecule has 0 spiro atoms. The number of ether oxygens (including phenoxy) is 1. The molecule has 0 unspecified atom stereocenters. The number of fused-ring (bicyclic) bond motifs is 1. The number of carbonyl (C=O) groups excluding carboxylic acids is 2. The van der Waals surface area contributed by atoms with Crippen molar-refractivity contribution in [3.8, 4) is 5.75 Å². The van der Waals surface area contributed by atoms with Gasteiger partial charge in [0.15, 0.2) is 0 Å². The summed E-state index contributed by atoms with van der Waals surface area (Å²) in [6, 6.07) is 14.1. The Hall–Kier alpha value is -2.94. The molecule has 3 aromatic rings.